The average Bonchev–Trinajstić information content (AvgIpc) is 3.22. The molecule has 3 aromatic heterocycles. The van der Waals surface area contributed by atoms with Crippen molar-refractivity contribution in [2.24, 2.45) is 0 Å². The highest BCUT2D eigenvalue weighted by atomic mass is 32.1. The summed E-state index contributed by atoms with van der Waals surface area (Å²) in [6.45, 7) is 5.80. The number of piperazine rings is 1. The van der Waals surface area contributed by atoms with Crippen molar-refractivity contribution in [3.05, 3.63) is 33.4 Å². The summed E-state index contributed by atoms with van der Waals surface area (Å²) in [4.78, 5) is 29.3. The number of hydrogen-bond acceptors (Lipinski definition) is 7. The van der Waals surface area contributed by atoms with E-state index in [0.717, 1.165) is 42.9 Å². The predicted octanol–water partition coefficient (Wildman–Crippen LogP) is 2.48. The maximum absolute atomic E-state index is 12.7. The Morgan fingerprint density at radius 2 is 1.97 bits per heavy atom. The molecule has 0 aliphatic carbocycles. The van der Waals surface area contributed by atoms with Crippen LogP contribution in [0, 0.1) is 6.92 Å². The van der Waals surface area contributed by atoms with Gasteiger partial charge < -0.3 is 30.6 Å². The molecule has 1 aliphatic rings. The molecular weight excluding hydrogens is 388 g/mol. The monoisotopic (exact) mass is 410 g/mol. The molecule has 0 atom stereocenters. The number of aromatic nitrogens is 3. The third-order valence-electron chi connectivity index (χ3n) is 5.62. The second-order valence-electron chi connectivity index (χ2n) is 7.53. The highest BCUT2D eigenvalue weighted by Gasteiger charge is 2.21. The van der Waals surface area contributed by atoms with Gasteiger partial charge >= 0.3 is 0 Å². The normalized spacial score (nSPS) is 15.6. The fourth-order valence-electron chi connectivity index (χ4n) is 3.90. The van der Waals surface area contributed by atoms with Gasteiger partial charge in [-0.15, -0.1) is 11.3 Å². The number of pyridine rings is 1. The van der Waals surface area contributed by atoms with Crippen molar-refractivity contribution in [1.29, 1.82) is 0 Å². The zero-order chi connectivity index (χ0) is 20.3. The quantitative estimate of drug-likeness (QED) is 0.404. The highest BCUT2D eigenvalue weighted by Crippen LogP contribution is 2.40. The molecule has 29 heavy (non-hydrogen) atoms. The summed E-state index contributed by atoms with van der Waals surface area (Å²) in [7, 11) is 2.13. The minimum atomic E-state index is -0.324. The van der Waals surface area contributed by atoms with Gasteiger partial charge in [0, 0.05) is 36.7 Å². The molecule has 1 aromatic carbocycles. The molecule has 0 radical (unpaired) electrons. The number of likely N-dealkylation sites (N-methyl/N-ethyl adjacent to an activating group) is 1. The molecule has 0 unspecified atom stereocenters. The largest absolute Gasteiger partial charge is 0.506 e. The van der Waals surface area contributed by atoms with Crippen LogP contribution < -0.4 is 16.2 Å². The lowest BCUT2D eigenvalue weighted by Crippen LogP contribution is -2.44. The number of nitrogens with two attached hydrogens (primary N) is 1. The topological polar surface area (TPSA) is 114 Å². The van der Waals surface area contributed by atoms with Gasteiger partial charge in [0.2, 0.25) is 0 Å². The summed E-state index contributed by atoms with van der Waals surface area (Å²) in [6, 6.07) is 6.08. The molecule has 1 saturated heterocycles. The molecule has 4 heterocycles. The van der Waals surface area contributed by atoms with E-state index in [2.05, 4.69) is 43.9 Å². The first-order valence-electron chi connectivity index (χ1n) is 9.50. The SMILES string of the molecule is Cc1sc2[nH]c(=O)c(-c3nc4ccc(N5CCN(C)CC5)cc4[nH]3)c(N)c2c1O. The van der Waals surface area contributed by atoms with E-state index in [9.17, 15) is 9.90 Å². The highest BCUT2D eigenvalue weighted by molar-refractivity contribution is 7.19. The Labute approximate surface area is 170 Å². The number of aromatic hydroxyl groups is 1. The molecule has 5 rings (SSSR count). The van der Waals surface area contributed by atoms with Gasteiger partial charge in [0.15, 0.2) is 0 Å². The van der Waals surface area contributed by atoms with E-state index >= 15 is 0 Å². The predicted molar refractivity (Wildman–Crippen MR) is 118 cm³/mol. The summed E-state index contributed by atoms with van der Waals surface area (Å²) in [6.07, 6.45) is 0. The van der Waals surface area contributed by atoms with Crippen molar-refractivity contribution in [3.8, 4) is 17.1 Å². The fraction of sp³-hybridized carbons (Fsp3) is 0.300. The van der Waals surface area contributed by atoms with Crippen molar-refractivity contribution in [2.75, 3.05) is 43.9 Å². The van der Waals surface area contributed by atoms with Crippen LogP contribution >= 0.6 is 11.3 Å². The molecule has 0 bridgehead atoms. The molecular formula is C20H22N6O2S. The summed E-state index contributed by atoms with van der Waals surface area (Å²) < 4.78 is 0. The second kappa shape index (κ2) is 6.50. The van der Waals surface area contributed by atoms with Crippen LogP contribution in [-0.4, -0.2) is 58.2 Å². The Balaban J connectivity index is 1.61. The maximum Gasteiger partial charge on any atom is 0.262 e. The number of thiophene rings is 1. The molecule has 1 aliphatic heterocycles. The Bertz CT molecular complexity index is 1300. The standard InChI is InChI=1S/C20H22N6O2S/c1-10-17(27)14-16(21)15(19(28)24-20(14)29-10)18-22-12-4-3-11(9-13(12)23-18)26-7-5-25(2)6-8-26/h3-4,9,27H,5-8H2,1-2H3,(H,22,23)(H3,21,24,28). The van der Waals surface area contributed by atoms with Gasteiger partial charge in [0.05, 0.1) is 22.1 Å². The Kier molecular flexibility index (Phi) is 4.04. The molecule has 8 nitrogen and oxygen atoms in total. The minimum absolute atomic E-state index is 0.105. The van der Waals surface area contributed by atoms with Gasteiger partial charge in [-0.3, -0.25) is 4.79 Å². The first-order valence-corrected chi connectivity index (χ1v) is 10.3. The van der Waals surface area contributed by atoms with Crippen LogP contribution in [0.4, 0.5) is 11.4 Å². The first kappa shape index (κ1) is 18.0. The number of H-pyrrole nitrogens is 2. The van der Waals surface area contributed by atoms with E-state index in [1.807, 2.05) is 6.07 Å². The molecule has 4 aromatic rings. The maximum atomic E-state index is 12.7. The van der Waals surface area contributed by atoms with Crippen molar-refractivity contribution >= 4 is 44.0 Å². The van der Waals surface area contributed by atoms with Crippen LogP contribution in [0.1, 0.15) is 4.88 Å². The third-order valence-corrected chi connectivity index (χ3v) is 6.63. The number of fused-ring (bicyclic) bond motifs is 2. The zero-order valence-corrected chi connectivity index (χ0v) is 17.1. The summed E-state index contributed by atoms with van der Waals surface area (Å²) in [5, 5.41) is 10.8. The Morgan fingerprint density at radius 1 is 1.21 bits per heavy atom. The number of nitrogen functional groups attached to an aromatic ring is 1. The van der Waals surface area contributed by atoms with Crippen LogP contribution in [0.5, 0.6) is 5.75 Å². The van der Waals surface area contributed by atoms with Crippen LogP contribution in [0.3, 0.4) is 0 Å². The lowest BCUT2D eigenvalue weighted by atomic mass is 10.1. The number of nitrogens with zero attached hydrogens (tertiary/aromatic N) is 3. The Hall–Kier alpha value is -3.04. The number of hydrogen-bond donors (Lipinski definition) is 4. The van der Waals surface area contributed by atoms with Crippen molar-refractivity contribution in [1.82, 2.24) is 19.9 Å². The van der Waals surface area contributed by atoms with E-state index in [4.69, 9.17) is 5.73 Å². The average molecular weight is 411 g/mol. The third kappa shape index (κ3) is 2.85. The van der Waals surface area contributed by atoms with Gasteiger partial charge in [0.25, 0.3) is 5.56 Å². The van der Waals surface area contributed by atoms with E-state index < -0.39 is 0 Å². The number of imidazole rings is 1. The second-order valence-corrected chi connectivity index (χ2v) is 8.76. The molecule has 0 amide bonds. The molecule has 1 fully saturated rings. The van der Waals surface area contributed by atoms with E-state index in [1.54, 1.807) is 6.92 Å². The van der Waals surface area contributed by atoms with E-state index in [0.29, 0.717) is 20.9 Å². The van der Waals surface area contributed by atoms with Gasteiger partial charge in [-0.25, -0.2) is 4.98 Å². The van der Waals surface area contributed by atoms with Gasteiger partial charge in [-0.05, 0) is 32.2 Å². The summed E-state index contributed by atoms with van der Waals surface area (Å²) in [5.41, 5.74) is 9.21. The van der Waals surface area contributed by atoms with Crippen LogP contribution in [0.2, 0.25) is 0 Å². The number of aryl methyl sites for hydroxylation is 1. The smallest absolute Gasteiger partial charge is 0.262 e. The van der Waals surface area contributed by atoms with Gasteiger partial charge in [-0.1, -0.05) is 0 Å². The van der Waals surface area contributed by atoms with Crippen molar-refractivity contribution in [3.63, 3.8) is 0 Å². The number of aromatic amines is 2. The van der Waals surface area contributed by atoms with E-state index in [-0.39, 0.29) is 22.6 Å². The molecule has 0 spiro atoms. The van der Waals surface area contributed by atoms with E-state index in [1.165, 1.54) is 11.3 Å². The number of nitrogens with one attached hydrogen (secondary N) is 2. The van der Waals surface area contributed by atoms with Crippen molar-refractivity contribution < 1.29 is 5.11 Å². The summed E-state index contributed by atoms with van der Waals surface area (Å²) >= 11 is 1.31. The fourth-order valence-corrected chi connectivity index (χ4v) is 4.86. The lowest BCUT2D eigenvalue weighted by Gasteiger charge is -2.34. The zero-order valence-electron chi connectivity index (χ0n) is 16.2. The number of rotatable bonds is 2. The molecule has 0 saturated carbocycles. The molecule has 9 heteroatoms. The Morgan fingerprint density at radius 3 is 2.72 bits per heavy atom. The lowest BCUT2D eigenvalue weighted by molar-refractivity contribution is 0.313. The molecule has 150 valence electrons. The van der Waals surface area contributed by atoms with Gasteiger partial charge in [0.1, 0.15) is 22.0 Å². The van der Waals surface area contributed by atoms with Crippen LogP contribution in [0.15, 0.2) is 23.0 Å². The number of anilines is 2. The van der Waals surface area contributed by atoms with Gasteiger partial charge in [-0.2, -0.15) is 0 Å². The summed E-state index contributed by atoms with van der Waals surface area (Å²) in [5.74, 6) is 0.507. The van der Waals surface area contributed by atoms with Crippen molar-refractivity contribution in [2.45, 2.75) is 6.92 Å². The van der Waals surface area contributed by atoms with Crippen LogP contribution in [0.25, 0.3) is 32.6 Å². The first-order chi connectivity index (χ1) is 13.9. The minimum Gasteiger partial charge on any atom is -0.506 e. The number of benzene rings is 1. The molecule has 5 N–H and O–H groups in total. The van der Waals surface area contributed by atoms with Crippen LogP contribution in [-0.2, 0) is 0 Å².